The van der Waals surface area contributed by atoms with Crippen LogP contribution in [0.3, 0.4) is 0 Å². The molecule has 0 atom stereocenters. The van der Waals surface area contributed by atoms with Crippen LogP contribution in [0.2, 0.25) is 0 Å². The second-order valence-electron chi connectivity index (χ2n) is 4.60. The molecule has 0 aliphatic rings. The number of aryl methyl sites for hydroxylation is 1. The third-order valence-electron chi connectivity index (χ3n) is 3.12. The number of hydrogen-bond donors (Lipinski definition) is 2. The summed E-state index contributed by atoms with van der Waals surface area (Å²) >= 11 is 1.71. The Morgan fingerprint density at radius 2 is 2.05 bits per heavy atom. The van der Waals surface area contributed by atoms with E-state index in [1.54, 1.807) is 11.3 Å². The number of rotatable bonds is 7. The van der Waals surface area contributed by atoms with E-state index >= 15 is 0 Å². The summed E-state index contributed by atoms with van der Waals surface area (Å²) in [6.07, 6.45) is 4.32. The first-order valence-corrected chi connectivity index (χ1v) is 7.94. The molecule has 4 nitrogen and oxygen atoms in total. The van der Waals surface area contributed by atoms with Crippen molar-refractivity contribution >= 4 is 17.3 Å². The summed E-state index contributed by atoms with van der Waals surface area (Å²) in [4.78, 5) is 10.1. The predicted octanol–water partition coefficient (Wildman–Crippen LogP) is 2.94. The summed E-state index contributed by atoms with van der Waals surface area (Å²) in [6, 6.07) is 0. The van der Waals surface area contributed by atoms with Crippen LogP contribution < -0.4 is 10.6 Å². The van der Waals surface area contributed by atoms with Gasteiger partial charge < -0.3 is 10.6 Å². The van der Waals surface area contributed by atoms with Crippen molar-refractivity contribution in [2.24, 2.45) is 10.9 Å². The molecule has 0 unspecified atom stereocenters. The van der Waals surface area contributed by atoms with Gasteiger partial charge in [-0.1, -0.05) is 26.7 Å². The van der Waals surface area contributed by atoms with Crippen LogP contribution in [0, 0.1) is 12.8 Å². The second-order valence-corrected chi connectivity index (χ2v) is 5.92. The van der Waals surface area contributed by atoms with E-state index in [9.17, 15) is 0 Å². The third kappa shape index (κ3) is 6.05. The third-order valence-corrected chi connectivity index (χ3v) is 4.02. The summed E-state index contributed by atoms with van der Waals surface area (Å²) in [7, 11) is 0. The fourth-order valence-electron chi connectivity index (χ4n) is 1.80. The van der Waals surface area contributed by atoms with Gasteiger partial charge in [0.2, 0.25) is 0 Å². The zero-order valence-corrected chi connectivity index (χ0v) is 13.3. The lowest BCUT2D eigenvalue weighted by Crippen LogP contribution is -2.39. The van der Waals surface area contributed by atoms with E-state index in [4.69, 9.17) is 0 Å². The van der Waals surface area contributed by atoms with Crippen LogP contribution in [0.5, 0.6) is 0 Å². The molecule has 0 aromatic carbocycles. The fraction of sp³-hybridized carbons (Fsp3) is 0.714. The van der Waals surface area contributed by atoms with Gasteiger partial charge in [-0.05, 0) is 19.8 Å². The lowest BCUT2D eigenvalue weighted by molar-refractivity contribution is 0.481. The molecule has 0 bridgehead atoms. The Hall–Kier alpha value is -1.10. The molecule has 0 fully saturated rings. The SMILES string of the molecule is CCNC(=NCc1cnc(C)s1)NCC(CC)CC. The predicted molar refractivity (Wildman–Crippen MR) is 83.7 cm³/mol. The van der Waals surface area contributed by atoms with Crippen molar-refractivity contribution in [2.75, 3.05) is 13.1 Å². The molecule has 0 saturated heterocycles. The average molecular weight is 282 g/mol. The summed E-state index contributed by atoms with van der Waals surface area (Å²) in [5.74, 6) is 1.62. The van der Waals surface area contributed by atoms with Crippen LogP contribution in [0.15, 0.2) is 11.2 Å². The van der Waals surface area contributed by atoms with Crippen LogP contribution >= 0.6 is 11.3 Å². The lowest BCUT2D eigenvalue weighted by atomic mass is 10.0. The lowest BCUT2D eigenvalue weighted by Gasteiger charge is -2.16. The fourth-order valence-corrected chi connectivity index (χ4v) is 2.51. The molecule has 2 N–H and O–H groups in total. The topological polar surface area (TPSA) is 49.3 Å². The maximum Gasteiger partial charge on any atom is 0.191 e. The van der Waals surface area contributed by atoms with Crippen molar-refractivity contribution < 1.29 is 0 Å². The van der Waals surface area contributed by atoms with E-state index < -0.39 is 0 Å². The normalized spacial score (nSPS) is 11.9. The quantitative estimate of drug-likeness (QED) is 0.597. The van der Waals surface area contributed by atoms with E-state index in [0.29, 0.717) is 6.54 Å². The molecule has 1 rings (SSSR count). The van der Waals surface area contributed by atoms with Crippen molar-refractivity contribution in [3.05, 3.63) is 16.1 Å². The Morgan fingerprint density at radius 3 is 2.58 bits per heavy atom. The van der Waals surface area contributed by atoms with Crippen LogP contribution in [-0.2, 0) is 6.54 Å². The minimum absolute atomic E-state index is 0.698. The van der Waals surface area contributed by atoms with Gasteiger partial charge in [0.1, 0.15) is 0 Å². The highest BCUT2D eigenvalue weighted by Crippen LogP contribution is 2.12. The Balaban J connectivity index is 2.50. The Morgan fingerprint density at radius 1 is 1.32 bits per heavy atom. The maximum absolute atomic E-state index is 4.60. The van der Waals surface area contributed by atoms with Gasteiger partial charge in [0.25, 0.3) is 0 Å². The Labute approximate surface area is 120 Å². The summed E-state index contributed by atoms with van der Waals surface area (Å²) < 4.78 is 0. The molecule has 19 heavy (non-hydrogen) atoms. The molecule has 0 aliphatic carbocycles. The van der Waals surface area contributed by atoms with Crippen LogP contribution in [-0.4, -0.2) is 24.0 Å². The molecular formula is C14H26N4S. The van der Waals surface area contributed by atoms with Gasteiger partial charge in [-0.25, -0.2) is 9.98 Å². The summed E-state index contributed by atoms with van der Waals surface area (Å²) in [5, 5.41) is 7.81. The minimum atomic E-state index is 0.698. The molecular weight excluding hydrogens is 256 g/mol. The number of aliphatic imine (C=N–C) groups is 1. The van der Waals surface area contributed by atoms with Crippen LogP contribution in [0.1, 0.15) is 43.5 Å². The largest absolute Gasteiger partial charge is 0.357 e. The molecule has 1 aromatic heterocycles. The number of thiazole rings is 1. The van der Waals surface area contributed by atoms with Crippen LogP contribution in [0.4, 0.5) is 0 Å². The van der Waals surface area contributed by atoms with E-state index in [1.165, 1.54) is 17.7 Å². The first-order valence-electron chi connectivity index (χ1n) is 7.13. The molecule has 0 radical (unpaired) electrons. The number of nitrogens with zero attached hydrogens (tertiary/aromatic N) is 2. The molecule has 108 valence electrons. The Bertz CT molecular complexity index is 383. The zero-order chi connectivity index (χ0) is 14.1. The Kier molecular flexibility index (Phi) is 7.48. The van der Waals surface area contributed by atoms with Crippen molar-refractivity contribution in [2.45, 2.75) is 47.1 Å². The smallest absolute Gasteiger partial charge is 0.191 e. The number of guanidine groups is 1. The summed E-state index contributed by atoms with van der Waals surface area (Å²) in [6.45, 7) is 11.2. The van der Waals surface area contributed by atoms with Crippen molar-refractivity contribution in [3.8, 4) is 0 Å². The molecule has 1 heterocycles. The van der Waals surface area contributed by atoms with E-state index in [1.807, 2.05) is 13.1 Å². The minimum Gasteiger partial charge on any atom is -0.357 e. The highest BCUT2D eigenvalue weighted by atomic mass is 32.1. The van der Waals surface area contributed by atoms with Crippen molar-refractivity contribution in [3.63, 3.8) is 0 Å². The monoisotopic (exact) mass is 282 g/mol. The first kappa shape index (κ1) is 16.0. The molecule has 1 aromatic rings. The van der Waals surface area contributed by atoms with Gasteiger partial charge >= 0.3 is 0 Å². The van der Waals surface area contributed by atoms with Gasteiger partial charge in [0, 0.05) is 24.2 Å². The standard InChI is InChI=1S/C14H26N4S/c1-5-12(6-2)8-17-14(15-7-3)18-10-13-9-16-11(4)19-13/h9,12H,5-8,10H2,1-4H3,(H2,15,17,18). The van der Waals surface area contributed by atoms with E-state index in [-0.39, 0.29) is 0 Å². The van der Waals surface area contributed by atoms with Gasteiger partial charge in [-0.15, -0.1) is 11.3 Å². The van der Waals surface area contributed by atoms with E-state index in [0.717, 1.165) is 30.0 Å². The average Bonchev–Trinajstić information content (AvgIpc) is 2.82. The van der Waals surface area contributed by atoms with E-state index in [2.05, 4.69) is 41.4 Å². The van der Waals surface area contributed by atoms with Gasteiger partial charge in [0.15, 0.2) is 5.96 Å². The van der Waals surface area contributed by atoms with Crippen LogP contribution in [0.25, 0.3) is 0 Å². The number of hydrogen-bond acceptors (Lipinski definition) is 3. The highest BCUT2D eigenvalue weighted by molar-refractivity contribution is 7.11. The maximum atomic E-state index is 4.60. The van der Waals surface area contributed by atoms with Crippen molar-refractivity contribution in [1.29, 1.82) is 0 Å². The molecule has 0 spiro atoms. The second kappa shape index (κ2) is 8.91. The van der Waals surface area contributed by atoms with Crippen molar-refractivity contribution in [1.82, 2.24) is 15.6 Å². The summed E-state index contributed by atoms with van der Waals surface area (Å²) in [5.41, 5.74) is 0. The zero-order valence-electron chi connectivity index (χ0n) is 12.5. The molecule has 0 aliphatic heterocycles. The molecule has 0 saturated carbocycles. The molecule has 0 amide bonds. The van der Waals surface area contributed by atoms with Gasteiger partial charge in [-0.2, -0.15) is 0 Å². The number of nitrogens with one attached hydrogen (secondary N) is 2. The molecule has 5 heteroatoms. The van der Waals surface area contributed by atoms with Gasteiger partial charge in [-0.3, -0.25) is 0 Å². The highest BCUT2D eigenvalue weighted by Gasteiger charge is 2.05. The van der Waals surface area contributed by atoms with Gasteiger partial charge in [0.05, 0.1) is 11.6 Å². The first-order chi connectivity index (χ1) is 9.19. The number of aromatic nitrogens is 1.